The summed E-state index contributed by atoms with van der Waals surface area (Å²) in [4.78, 5) is 26.2. The van der Waals surface area contributed by atoms with Crippen molar-refractivity contribution < 1.29 is 4.74 Å². The normalized spacial score (nSPS) is 9.44. The van der Waals surface area contributed by atoms with E-state index in [0.29, 0.717) is 11.4 Å². The Kier molecular flexibility index (Phi) is 4.92. The van der Waals surface area contributed by atoms with Crippen molar-refractivity contribution in [3.8, 4) is 5.75 Å². The maximum atomic E-state index is 11.8. The molecule has 0 unspecified atom stereocenters. The molecule has 0 atom stereocenters. The second-order valence-corrected chi connectivity index (χ2v) is 3.63. The van der Waals surface area contributed by atoms with Gasteiger partial charge in [-0.25, -0.2) is 4.79 Å². The third-order valence-corrected chi connectivity index (χ3v) is 2.22. The lowest BCUT2D eigenvalue weighted by molar-refractivity contribution is 0.414. The highest BCUT2D eigenvalue weighted by Crippen LogP contribution is 2.05. The van der Waals surface area contributed by atoms with Crippen LogP contribution in [0.15, 0.2) is 46.5 Å². The molecular formula is C13H16N2O3. The number of methoxy groups -OCH3 is 1. The topological polar surface area (TPSA) is 64.1 Å². The van der Waals surface area contributed by atoms with Gasteiger partial charge in [0.2, 0.25) is 0 Å². The van der Waals surface area contributed by atoms with Gasteiger partial charge in [0.25, 0.3) is 5.56 Å². The number of nitrogens with zero attached hydrogens (tertiary/aromatic N) is 1. The van der Waals surface area contributed by atoms with Crippen LogP contribution in [0.3, 0.4) is 0 Å². The SMILES string of the molecule is C=CCn1c(=O)cccc(OC)cc(C)[nH]c1=O. The first-order chi connectivity index (χ1) is 8.58. The Bertz CT molecular complexity index is 598. The Hall–Kier alpha value is -2.30. The molecule has 0 amide bonds. The molecule has 0 radical (unpaired) electrons. The highest BCUT2D eigenvalue weighted by Gasteiger charge is 1.95. The van der Waals surface area contributed by atoms with E-state index in [1.54, 1.807) is 25.1 Å². The van der Waals surface area contributed by atoms with Crippen LogP contribution in [0.5, 0.6) is 5.75 Å². The molecule has 0 aliphatic carbocycles. The minimum Gasteiger partial charge on any atom is -0.497 e. The van der Waals surface area contributed by atoms with E-state index in [1.165, 1.54) is 19.3 Å². The van der Waals surface area contributed by atoms with Crippen molar-refractivity contribution in [2.75, 3.05) is 7.11 Å². The van der Waals surface area contributed by atoms with E-state index in [4.69, 9.17) is 4.74 Å². The zero-order valence-corrected chi connectivity index (χ0v) is 10.5. The number of hydrogen-bond donors (Lipinski definition) is 1. The molecule has 0 saturated carbocycles. The van der Waals surface area contributed by atoms with E-state index < -0.39 is 11.2 Å². The van der Waals surface area contributed by atoms with Crippen LogP contribution in [0.2, 0.25) is 0 Å². The summed E-state index contributed by atoms with van der Waals surface area (Å²) in [5.41, 5.74) is -0.310. The summed E-state index contributed by atoms with van der Waals surface area (Å²) in [6.07, 6.45) is 1.49. The van der Waals surface area contributed by atoms with Crippen molar-refractivity contribution in [1.29, 1.82) is 0 Å². The number of hydrogen-bond acceptors (Lipinski definition) is 3. The molecule has 1 aromatic rings. The van der Waals surface area contributed by atoms with Gasteiger partial charge in [-0.2, -0.15) is 0 Å². The lowest BCUT2D eigenvalue weighted by Gasteiger charge is -1.99. The molecule has 5 nitrogen and oxygen atoms in total. The van der Waals surface area contributed by atoms with Crippen LogP contribution < -0.4 is 16.0 Å². The first-order valence-corrected chi connectivity index (χ1v) is 5.42. The van der Waals surface area contributed by atoms with Gasteiger partial charge < -0.3 is 9.72 Å². The number of nitrogens with one attached hydrogen (secondary N) is 1. The Morgan fingerprint density at radius 1 is 1.44 bits per heavy atom. The molecule has 0 spiro atoms. The second kappa shape index (κ2) is 6.44. The van der Waals surface area contributed by atoms with Crippen molar-refractivity contribution in [1.82, 2.24) is 9.55 Å². The lowest BCUT2D eigenvalue weighted by Crippen LogP contribution is -2.31. The smallest absolute Gasteiger partial charge is 0.328 e. The van der Waals surface area contributed by atoms with E-state index in [0.717, 1.165) is 4.57 Å². The van der Waals surface area contributed by atoms with Crippen LogP contribution >= 0.6 is 0 Å². The molecule has 0 aliphatic heterocycles. The number of ether oxygens (including phenoxy) is 1. The van der Waals surface area contributed by atoms with Crippen molar-refractivity contribution in [2.45, 2.75) is 13.5 Å². The maximum absolute atomic E-state index is 11.8. The van der Waals surface area contributed by atoms with E-state index in [9.17, 15) is 9.59 Å². The summed E-state index contributed by atoms with van der Waals surface area (Å²) in [5.74, 6) is 0.550. The van der Waals surface area contributed by atoms with Crippen LogP contribution in [-0.2, 0) is 6.54 Å². The Labute approximate surface area is 105 Å². The fourth-order valence-corrected chi connectivity index (χ4v) is 1.38. The number of H-pyrrole nitrogens is 1. The molecule has 96 valence electrons. The van der Waals surface area contributed by atoms with Gasteiger partial charge in [0.1, 0.15) is 5.75 Å². The van der Waals surface area contributed by atoms with Crippen molar-refractivity contribution >= 4 is 0 Å². The fourth-order valence-electron chi connectivity index (χ4n) is 1.38. The van der Waals surface area contributed by atoms with E-state index in [-0.39, 0.29) is 6.54 Å². The summed E-state index contributed by atoms with van der Waals surface area (Å²) in [6.45, 7) is 5.39. The fraction of sp³-hybridized carbons (Fsp3) is 0.231. The molecule has 1 aromatic heterocycles. The molecular weight excluding hydrogens is 232 g/mol. The minimum atomic E-state index is -0.490. The Morgan fingerprint density at radius 2 is 2.17 bits per heavy atom. The van der Waals surface area contributed by atoms with Gasteiger partial charge in [-0.15, -0.1) is 6.58 Å². The van der Waals surface area contributed by atoms with Gasteiger partial charge in [0, 0.05) is 18.3 Å². The van der Waals surface area contributed by atoms with Crippen molar-refractivity contribution in [3.63, 3.8) is 0 Å². The van der Waals surface area contributed by atoms with Crippen LogP contribution in [0, 0.1) is 6.92 Å². The quantitative estimate of drug-likeness (QED) is 0.816. The Morgan fingerprint density at radius 3 is 2.78 bits per heavy atom. The standard InChI is InChI=1S/C13H16N2O3/c1-4-8-15-12(16)7-5-6-11(18-3)9-10(2)14-13(15)17/h4-7,9H,1,8H2,2-3H3,(H,14,17). The number of aromatic amines is 1. The molecule has 0 bridgehead atoms. The molecule has 0 aliphatic rings. The van der Waals surface area contributed by atoms with Crippen molar-refractivity contribution in [3.05, 3.63) is 63.5 Å². The monoisotopic (exact) mass is 248 g/mol. The van der Waals surface area contributed by atoms with Crippen LogP contribution in [0.1, 0.15) is 5.69 Å². The molecule has 1 rings (SSSR count). The number of aryl methyl sites for hydroxylation is 1. The number of rotatable bonds is 3. The first kappa shape index (κ1) is 13.8. The van der Waals surface area contributed by atoms with Crippen LogP contribution in [-0.4, -0.2) is 16.7 Å². The second-order valence-electron chi connectivity index (χ2n) is 3.63. The maximum Gasteiger partial charge on any atom is 0.328 e. The average molecular weight is 248 g/mol. The predicted octanol–water partition coefficient (Wildman–Crippen LogP) is 1.16. The summed E-state index contributed by atoms with van der Waals surface area (Å²) in [5, 5.41) is 0. The van der Waals surface area contributed by atoms with E-state index >= 15 is 0 Å². The van der Waals surface area contributed by atoms with Gasteiger partial charge in [-0.05, 0) is 19.1 Å². The predicted molar refractivity (Wildman–Crippen MR) is 70.4 cm³/mol. The highest BCUT2D eigenvalue weighted by molar-refractivity contribution is 5.19. The molecule has 1 N–H and O–H groups in total. The van der Waals surface area contributed by atoms with E-state index in [1.807, 2.05) is 0 Å². The third-order valence-electron chi connectivity index (χ3n) is 2.22. The number of allylic oxidation sites excluding steroid dienone is 1. The van der Waals surface area contributed by atoms with Gasteiger partial charge in [-0.1, -0.05) is 12.1 Å². The zero-order chi connectivity index (χ0) is 13.5. The average Bonchev–Trinajstić information content (AvgIpc) is 2.33. The summed E-state index contributed by atoms with van der Waals surface area (Å²) < 4.78 is 6.14. The summed E-state index contributed by atoms with van der Waals surface area (Å²) in [7, 11) is 1.52. The van der Waals surface area contributed by atoms with Crippen LogP contribution in [0.4, 0.5) is 0 Å². The van der Waals surface area contributed by atoms with Gasteiger partial charge in [0.15, 0.2) is 0 Å². The van der Waals surface area contributed by atoms with Crippen molar-refractivity contribution in [2.24, 2.45) is 0 Å². The highest BCUT2D eigenvalue weighted by atomic mass is 16.5. The largest absolute Gasteiger partial charge is 0.497 e. The summed E-state index contributed by atoms with van der Waals surface area (Å²) in [6, 6.07) is 6.16. The molecule has 0 aromatic carbocycles. The van der Waals surface area contributed by atoms with Gasteiger partial charge in [0.05, 0.1) is 7.11 Å². The summed E-state index contributed by atoms with van der Waals surface area (Å²) >= 11 is 0. The zero-order valence-electron chi connectivity index (χ0n) is 10.5. The minimum absolute atomic E-state index is 0.156. The molecule has 0 fully saturated rings. The van der Waals surface area contributed by atoms with Gasteiger partial charge >= 0.3 is 5.69 Å². The third kappa shape index (κ3) is 3.62. The lowest BCUT2D eigenvalue weighted by atomic mass is 10.4. The molecule has 18 heavy (non-hydrogen) atoms. The molecule has 0 saturated heterocycles. The Balaban J connectivity index is 3.68. The molecule has 1 heterocycles. The van der Waals surface area contributed by atoms with Gasteiger partial charge in [-0.3, -0.25) is 9.36 Å². The van der Waals surface area contributed by atoms with E-state index in [2.05, 4.69) is 11.6 Å². The van der Waals surface area contributed by atoms with Crippen LogP contribution in [0.25, 0.3) is 0 Å². The first-order valence-electron chi connectivity index (χ1n) is 5.42. The molecule has 5 heteroatoms. The number of aromatic nitrogens is 2.